The molecule has 4 amide bonds. The van der Waals surface area contributed by atoms with Crippen LogP contribution in [0.1, 0.15) is 11.4 Å². The Morgan fingerprint density at radius 1 is 0.821 bits per heavy atom. The number of amides is 4. The molecule has 22 nitrogen and oxygen atoms in total. The highest BCUT2D eigenvalue weighted by atomic mass is 32.2. The van der Waals surface area contributed by atoms with Gasteiger partial charge in [-0.25, -0.2) is 24.4 Å². The van der Waals surface area contributed by atoms with Crippen molar-refractivity contribution < 1.29 is 58.9 Å². The van der Waals surface area contributed by atoms with E-state index in [1.54, 1.807) is 0 Å². The van der Waals surface area contributed by atoms with Crippen LogP contribution in [0.2, 0.25) is 0 Å². The molecule has 2 saturated heterocycles. The minimum Gasteiger partial charge on any atom is -0.479 e. The van der Waals surface area contributed by atoms with Crippen molar-refractivity contribution in [2.45, 2.75) is 22.8 Å². The van der Waals surface area contributed by atoms with Gasteiger partial charge in [-0.3, -0.25) is 29.0 Å². The van der Waals surface area contributed by atoms with E-state index in [2.05, 4.69) is 48.9 Å². The van der Waals surface area contributed by atoms with Crippen molar-refractivity contribution in [1.29, 1.82) is 0 Å². The highest BCUT2D eigenvalue weighted by Crippen LogP contribution is 2.41. The van der Waals surface area contributed by atoms with E-state index >= 15 is 0 Å². The lowest BCUT2D eigenvalue weighted by Crippen LogP contribution is -2.71. The number of carbonyl (C=O) groups excluding carboxylic acids is 4. The molecule has 2 aromatic heterocycles. The van der Waals surface area contributed by atoms with Crippen molar-refractivity contribution in [3.63, 3.8) is 0 Å². The fraction of sp³-hybridized carbons (Fsp3) is 0.233. The van der Waals surface area contributed by atoms with Crippen LogP contribution >= 0.6 is 46.2 Å². The Balaban J connectivity index is 0.000000216. The molecule has 26 heteroatoms. The van der Waals surface area contributed by atoms with E-state index in [0.29, 0.717) is 22.7 Å². The Morgan fingerprint density at radius 2 is 1.25 bits per heavy atom. The van der Waals surface area contributed by atoms with Crippen LogP contribution in [0.25, 0.3) is 0 Å². The zero-order valence-electron chi connectivity index (χ0n) is 28.2. The molecular weight excluding hydrogens is 821 g/mol. The Kier molecular flexibility index (Phi) is 12.5. The summed E-state index contributed by atoms with van der Waals surface area (Å²) in [5, 5.41) is 49.9. The molecule has 2 aromatic rings. The van der Waals surface area contributed by atoms with Gasteiger partial charge in [0.1, 0.15) is 45.6 Å². The number of allylic oxidation sites excluding steroid dienone is 2. The standard InChI is InChI=1S/C16H15N5O7S2.C14H13N5O5S2/c1-2-6-4-29-14-10(13(25)21(14)11(6)15(26)27)19-12(24)9(20-28-3-8(22)23)7-5-30-16(17)18-7;1-2-5-3-25-12-8(11(21)19(12)9(5)13(22)23)17-10(20)7(18-24)6-4-26-14(15)16-6/h2,5,10,14H,1,3-4H2,(H2,17,18)(H,19,24)(H,22,23)(H,26,27);2,4,8,12,24H,1,3H2,(H2,15,16)(H,17,20)(H,22,23)/b20-9-;18-7-. The second-order valence-electron chi connectivity index (χ2n) is 11.2. The molecule has 0 aliphatic carbocycles. The molecule has 2 fully saturated rings. The van der Waals surface area contributed by atoms with Crippen molar-refractivity contribution in [1.82, 2.24) is 30.4 Å². The fourth-order valence-corrected chi connectivity index (χ4v) is 9.16. The fourth-order valence-electron chi connectivity index (χ4n) is 5.38. The number of nitrogens with zero attached hydrogens (tertiary/aromatic N) is 6. The number of anilines is 2. The maximum Gasteiger partial charge on any atom is 0.352 e. The number of hydrogen-bond donors (Lipinski definition) is 8. The van der Waals surface area contributed by atoms with Crippen molar-refractivity contribution in [3.8, 4) is 0 Å². The van der Waals surface area contributed by atoms with Gasteiger partial charge in [0.15, 0.2) is 21.7 Å². The number of carboxylic acid groups (broad SMARTS) is 3. The Bertz CT molecular complexity index is 2180. The number of thioether (sulfide) groups is 2. The van der Waals surface area contributed by atoms with Crippen LogP contribution < -0.4 is 22.1 Å². The van der Waals surface area contributed by atoms with Gasteiger partial charge in [-0.05, 0) is 11.1 Å². The molecule has 294 valence electrons. The zero-order chi connectivity index (χ0) is 41.0. The molecule has 0 saturated carbocycles. The second-order valence-corrected chi connectivity index (χ2v) is 15.2. The van der Waals surface area contributed by atoms with Gasteiger partial charge in [-0.2, -0.15) is 0 Å². The predicted molar refractivity (Wildman–Crippen MR) is 201 cm³/mol. The molecule has 4 atom stereocenters. The number of nitrogen functional groups attached to an aromatic ring is 2. The Morgan fingerprint density at radius 3 is 1.61 bits per heavy atom. The third kappa shape index (κ3) is 8.07. The van der Waals surface area contributed by atoms with Gasteiger partial charge >= 0.3 is 17.9 Å². The first kappa shape index (κ1) is 40.9. The van der Waals surface area contributed by atoms with Gasteiger partial charge in [0.05, 0.1) is 0 Å². The predicted octanol–water partition coefficient (Wildman–Crippen LogP) is -0.717. The van der Waals surface area contributed by atoms with Crippen LogP contribution in [0, 0.1) is 0 Å². The number of hydrogen-bond acceptors (Lipinski definition) is 19. The minimum absolute atomic E-state index is 0.0420. The summed E-state index contributed by atoms with van der Waals surface area (Å²) in [5.41, 5.74) is 11.0. The van der Waals surface area contributed by atoms with Crippen LogP contribution in [0.5, 0.6) is 0 Å². The number of nitrogens with one attached hydrogen (secondary N) is 2. The third-order valence-corrected chi connectivity index (χ3v) is 11.8. The number of carboxylic acids is 3. The van der Waals surface area contributed by atoms with Crippen molar-refractivity contribution in [2.24, 2.45) is 10.3 Å². The highest BCUT2D eigenvalue weighted by Gasteiger charge is 2.55. The third-order valence-electron chi connectivity index (χ3n) is 7.87. The van der Waals surface area contributed by atoms with Crippen molar-refractivity contribution in [3.05, 3.63) is 70.0 Å². The average molecular weight is 849 g/mol. The van der Waals surface area contributed by atoms with Crippen molar-refractivity contribution in [2.75, 3.05) is 29.6 Å². The highest BCUT2D eigenvalue weighted by molar-refractivity contribution is 8.00. The first-order chi connectivity index (χ1) is 26.6. The molecule has 4 unspecified atom stereocenters. The molecule has 56 heavy (non-hydrogen) atoms. The Hall–Kier alpha value is -6.25. The van der Waals surface area contributed by atoms with E-state index in [0.717, 1.165) is 32.5 Å². The zero-order valence-corrected chi connectivity index (χ0v) is 31.4. The van der Waals surface area contributed by atoms with Crippen molar-refractivity contribution >= 4 is 109 Å². The van der Waals surface area contributed by atoms with Gasteiger partial charge in [0, 0.05) is 22.3 Å². The number of aromatic nitrogens is 2. The lowest BCUT2D eigenvalue weighted by atomic mass is 10.0. The molecule has 0 radical (unpaired) electrons. The molecule has 4 aliphatic heterocycles. The van der Waals surface area contributed by atoms with E-state index in [4.69, 9.17) is 21.8 Å². The summed E-state index contributed by atoms with van der Waals surface area (Å²) >= 11 is 4.66. The normalized spacial score (nSPS) is 21.6. The van der Waals surface area contributed by atoms with E-state index in [1.807, 2.05) is 0 Å². The molecule has 6 heterocycles. The van der Waals surface area contributed by atoms with Gasteiger partial charge in [-0.15, -0.1) is 46.2 Å². The van der Waals surface area contributed by atoms with Gasteiger partial charge in [-0.1, -0.05) is 35.6 Å². The molecule has 0 bridgehead atoms. The summed E-state index contributed by atoms with van der Waals surface area (Å²) in [5.74, 6) is -6.00. The van der Waals surface area contributed by atoms with E-state index in [9.17, 15) is 43.8 Å². The molecule has 4 aliphatic rings. The molecule has 0 spiro atoms. The van der Waals surface area contributed by atoms with Gasteiger partial charge < -0.3 is 47.5 Å². The van der Waals surface area contributed by atoms with E-state index < -0.39 is 71.0 Å². The number of fused-ring (bicyclic) bond motifs is 2. The number of carbonyl (C=O) groups is 7. The number of thiazole rings is 2. The Labute approximate surface area is 330 Å². The SMILES string of the molecule is C=CC1=C(C(=O)O)N2C(=O)C(NC(=O)/C(=N\O)c3csc(N)n3)C2SC1.C=CC1=C(C(=O)O)N2C(=O)C(NC(=O)/C(=N\OCC(=O)O)c3csc(N)n3)C2SC1. The second kappa shape index (κ2) is 17.0. The van der Waals surface area contributed by atoms with Crippen LogP contribution in [0.3, 0.4) is 0 Å². The molecule has 6 rings (SSSR count). The summed E-state index contributed by atoms with van der Waals surface area (Å²) in [7, 11) is 0. The first-order valence-electron chi connectivity index (χ1n) is 15.4. The number of β-lactam (4-membered cyclic amide) rings is 2. The smallest absolute Gasteiger partial charge is 0.352 e. The first-order valence-corrected chi connectivity index (χ1v) is 19.2. The van der Waals surface area contributed by atoms with Crippen LogP contribution in [-0.2, 0) is 38.4 Å². The van der Waals surface area contributed by atoms with Gasteiger partial charge in [0.2, 0.25) is 6.61 Å². The summed E-state index contributed by atoms with van der Waals surface area (Å²) in [6.45, 7) is 6.33. The summed E-state index contributed by atoms with van der Waals surface area (Å²) in [6.07, 6.45) is 2.78. The summed E-state index contributed by atoms with van der Waals surface area (Å²) in [4.78, 5) is 98.3. The van der Waals surface area contributed by atoms with Crippen LogP contribution in [0.4, 0.5) is 10.3 Å². The lowest BCUT2D eigenvalue weighted by molar-refractivity contribution is -0.150. The molecule has 0 aromatic carbocycles. The molecule has 10 N–H and O–H groups in total. The largest absolute Gasteiger partial charge is 0.479 e. The van der Waals surface area contributed by atoms with Crippen LogP contribution in [0.15, 0.2) is 68.9 Å². The van der Waals surface area contributed by atoms with E-state index in [-0.39, 0.29) is 44.5 Å². The number of oxime groups is 2. The monoisotopic (exact) mass is 848 g/mol. The lowest BCUT2D eigenvalue weighted by Gasteiger charge is -2.49. The number of nitrogens with two attached hydrogens (primary N) is 2. The van der Waals surface area contributed by atoms with Crippen LogP contribution in [-0.4, -0.2) is 134 Å². The minimum atomic E-state index is -1.30. The maximum absolute atomic E-state index is 12.7. The average Bonchev–Trinajstić information content (AvgIpc) is 3.80. The number of rotatable bonds is 13. The van der Waals surface area contributed by atoms with Gasteiger partial charge in [0.25, 0.3) is 23.6 Å². The summed E-state index contributed by atoms with van der Waals surface area (Å²) in [6, 6.07) is -1.95. The maximum atomic E-state index is 12.7. The van der Waals surface area contributed by atoms with E-state index in [1.165, 1.54) is 46.4 Å². The quantitative estimate of drug-likeness (QED) is 0.0534. The summed E-state index contributed by atoms with van der Waals surface area (Å²) < 4.78 is 0. The molecular formula is C30H28N10O12S4. The topological polar surface area (TPSA) is 343 Å². The number of aliphatic carboxylic acids is 3.